The normalized spacial score (nSPS) is 10.4. The number of carbonyl (C=O) groups is 1. The highest BCUT2D eigenvalue weighted by Gasteiger charge is 2.20. The average Bonchev–Trinajstić information content (AvgIpc) is 3.15. The second-order valence-corrected chi connectivity index (χ2v) is 5.24. The lowest BCUT2D eigenvalue weighted by Crippen LogP contribution is -2.08. The SMILES string of the molecule is COc1ccc([N+](=O)[O-])cc1C(=O)OCc1nc(-c2ccc(F)cc2)no1. The van der Waals surface area contributed by atoms with Gasteiger partial charge in [-0.15, -0.1) is 0 Å². The number of hydrogen-bond donors (Lipinski definition) is 0. The lowest BCUT2D eigenvalue weighted by molar-refractivity contribution is -0.384. The Morgan fingerprint density at radius 2 is 2.00 bits per heavy atom. The molecule has 0 aliphatic heterocycles. The Bertz CT molecular complexity index is 987. The highest BCUT2D eigenvalue weighted by Crippen LogP contribution is 2.25. The number of halogens is 1. The second-order valence-electron chi connectivity index (χ2n) is 5.24. The first-order valence-electron chi connectivity index (χ1n) is 7.56. The number of nitrogens with zero attached hydrogens (tertiary/aromatic N) is 3. The van der Waals surface area contributed by atoms with E-state index in [4.69, 9.17) is 14.0 Å². The number of benzene rings is 2. The summed E-state index contributed by atoms with van der Waals surface area (Å²) in [4.78, 5) is 26.5. The second kappa shape index (κ2) is 7.60. The summed E-state index contributed by atoms with van der Waals surface area (Å²) in [6.45, 7) is -0.348. The third-order valence-electron chi connectivity index (χ3n) is 3.51. The summed E-state index contributed by atoms with van der Waals surface area (Å²) >= 11 is 0. The van der Waals surface area contributed by atoms with Gasteiger partial charge >= 0.3 is 5.97 Å². The fraction of sp³-hybridized carbons (Fsp3) is 0.118. The molecule has 138 valence electrons. The van der Waals surface area contributed by atoms with E-state index in [1.54, 1.807) is 0 Å². The van der Waals surface area contributed by atoms with Crippen LogP contribution >= 0.6 is 0 Å². The minimum atomic E-state index is -0.850. The Kier molecular flexibility index (Phi) is 5.06. The van der Waals surface area contributed by atoms with Crippen LogP contribution in [-0.2, 0) is 11.3 Å². The zero-order valence-corrected chi connectivity index (χ0v) is 13.9. The molecule has 0 spiro atoms. The maximum Gasteiger partial charge on any atom is 0.342 e. The molecule has 0 saturated heterocycles. The van der Waals surface area contributed by atoms with Crippen molar-refractivity contribution in [2.24, 2.45) is 0 Å². The van der Waals surface area contributed by atoms with Gasteiger partial charge in [0.15, 0.2) is 6.61 Å². The van der Waals surface area contributed by atoms with E-state index >= 15 is 0 Å². The van der Waals surface area contributed by atoms with E-state index < -0.39 is 16.7 Å². The Balaban J connectivity index is 1.72. The average molecular weight is 373 g/mol. The number of esters is 1. The van der Waals surface area contributed by atoms with Crippen molar-refractivity contribution >= 4 is 11.7 Å². The number of methoxy groups -OCH3 is 1. The number of carbonyl (C=O) groups excluding carboxylic acids is 1. The van der Waals surface area contributed by atoms with Crippen LogP contribution in [0.3, 0.4) is 0 Å². The first kappa shape index (κ1) is 18.0. The lowest BCUT2D eigenvalue weighted by Gasteiger charge is -2.07. The number of non-ortho nitro benzene ring substituents is 1. The van der Waals surface area contributed by atoms with Crippen molar-refractivity contribution in [3.63, 3.8) is 0 Å². The molecule has 3 rings (SSSR count). The monoisotopic (exact) mass is 373 g/mol. The molecule has 0 fully saturated rings. The molecule has 0 aliphatic rings. The van der Waals surface area contributed by atoms with Gasteiger partial charge in [0, 0.05) is 17.7 Å². The van der Waals surface area contributed by atoms with Crippen molar-refractivity contribution in [2.75, 3.05) is 7.11 Å². The van der Waals surface area contributed by atoms with E-state index in [1.165, 1.54) is 43.5 Å². The molecule has 10 heteroatoms. The predicted octanol–water partition coefficient (Wildman–Crippen LogP) is 3.15. The maximum atomic E-state index is 12.9. The molecular weight excluding hydrogens is 361 g/mol. The van der Waals surface area contributed by atoms with Crippen LogP contribution in [0.25, 0.3) is 11.4 Å². The Morgan fingerprint density at radius 1 is 1.26 bits per heavy atom. The van der Waals surface area contributed by atoms with Gasteiger partial charge in [0.2, 0.25) is 5.82 Å². The van der Waals surface area contributed by atoms with E-state index in [1.807, 2.05) is 0 Å². The Labute approximate surface area is 151 Å². The predicted molar refractivity (Wildman–Crippen MR) is 88.5 cm³/mol. The number of rotatable bonds is 6. The van der Waals surface area contributed by atoms with Gasteiger partial charge in [-0.1, -0.05) is 5.16 Å². The number of aromatic nitrogens is 2. The van der Waals surface area contributed by atoms with Crippen molar-refractivity contribution in [1.29, 1.82) is 0 Å². The van der Waals surface area contributed by atoms with Crippen LogP contribution in [0.5, 0.6) is 5.75 Å². The molecule has 1 heterocycles. The largest absolute Gasteiger partial charge is 0.496 e. The van der Waals surface area contributed by atoms with Crippen molar-refractivity contribution in [1.82, 2.24) is 10.1 Å². The first-order valence-corrected chi connectivity index (χ1v) is 7.56. The summed E-state index contributed by atoms with van der Waals surface area (Å²) in [5.41, 5.74) is 0.141. The number of nitro benzene ring substituents is 1. The van der Waals surface area contributed by atoms with E-state index in [0.717, 1.165) is 6.07 Å². The molecule has 0 N–H and O–H groups in total. The molecule has 0 saturated carbocycles. The summed E-state index contributed by atoms with van der Waals surface area (Å²) in [7, 11) is 1.32. The molecule has 2 aromatic carbocycles. The van der Waals surface area contributed by atoms with Gasteiger partial charge in [0.05, 0.1) is 12.0 Å². The van der Waals surface area contributed by atoms with Crippen LogP contribution in [-0.4, -0.2) is 28.1 Å². The molecule has 27 heavy (non-hydrogen) atoms. The highest BCUT2D eigenvalue weighted by atomic mass is 19.1. The maximum absolute atomic E-state index is 12.9. The van der Waals surface area contributed by atoms with E-state index in [9.17, 15) is 19.3 Å². The molecule has 1 aromatic heterocycles. The molecule has 0 aliphatic carbocycles. The van der Waals surface area contributed by atoms with Crippen molar-refractivity contribution in [2.45, 2.75) is 6.61 Å². The fourth-order valence-corrected chi connectivity index (χ4v) is 2.20. The van der Waals surface area contributed by atoms with Gasteiger partial charge in [-0.3, -0.25) is 10.1 Å². The van der Waals surface area contributed by atoms with Gasteiger partial charge < -0.3 is 14.0 Å². The third kappa shape index (κ3) is 4.06. The van der Waals surface area contributed by atoms with Crippen LogP contribution < -0.4 is 4.74 Å². The first-order chi connectivity index (χ1) is 13.0. The van der Waals surface area contributed by atoms with E-state index in [2.05, 4.69) is 10.1 Å². The van der Waals surface area contributed by atoms with E-state index in [-0.39, 0.29) is 35.3 Å². The van der Waals surface area contributed by atoms with Gasteiger partial charge in [-0.2, -0.15) is 4.98 Å². The number of hydrogen-bond acceptors (Lipinski definition) is 8. The van der Waals surface area contributed by atoms with Gasteiger partial charge in [0.25, 0.3) is 11.6 Å². The third-order valence-corrected chi connectivity index (χ3v) is 3.51. The fourth-order valence-electron chi connectivity index (χ4n) is 2.20. The summed E-state index contributed by atoms with van der Waals surface area (Å²) in [6, 6.07) is 9.02. The van der Waals surface area contributed by atoms with Crippen LogP contribution in [0.15, 0.2) is 47.0 Å². The standard InChI is InChI=1S/C17H12FN3O6/c1-25-14-7-6-12(21(23)24)8-13(14)17(22)26-9-15-19-16(20-27-15)10-2-4-11(18)5-3-10/h2-8H,9H2,1H3. The minimum absolute atomic E-state index is 0.00655. The van der Waals surface area contributed by atoms with Crippen LogP contribution in [0.4, 0.5) is 10.1 Å². The van der Waals surface area contributed by atoms with Crippen LogP contribution in [0, 0.1) is 15.9 Å². The summed E-state index contributed by atoms with van der Waals surface area (Å²) < 4.78 is 28.0. The zero-order valence-electron chi connectivity index (χ0n) is 13.9. The smallest absolute Gasteiger partial charge is 0.342 e. The molecule has 9 nitrogen and oxygen atoms in total. The number of ether oxygens (including phenoxy) is 2. The molecule has 0 atom stereocenters. The van der Waals surface area contributed by atoms with Crippen molar-refractivity contribution < 1.29 is 28.1 Å². The van der Waals surface area contributed by atoms with E-state index in [0.29, 0.717) is 5.56 Å². The molecular formula is C17H12FN3O6. The molecule has 3 aromatic rings. The minimum Gasteiger partial charge on any atom is -0.496 e. The van der Waals surface area contributed by atoms with Gasteiger partial charge in [0.1, 0.15) is 17.1 Å². The Morgan fingerprint density at radius 3 is 2.67 bits per heavy atom. The van der Waals surface area contributed by atoms with Crippen LogP contribution in [0.2, 0.25) is 0 Å². The lowest BCUT2D eigenvalue weighted by atomic mass is 10.2. The Hall–Kier alpha value is -3.82. The summed E-state index contributed by atoms with van der Waals surface area (Å²) in [5.74, 6) is -0.913. The summed E-state index contributed by atoms with van der Waals surface area (Å²) in [6.07, 6.45) is 0. The summed E-state index contributed by atoms with van der Waals surface area (Å²) in [5, 5.41) is 14.6. The molecule has 0 amide bonds. The quantitative estimate of drug-likeness (QED) is 0.367. The highest BCUT2D eigenvalue weighted by molar-refractivity contribution is 5.93. The van der Waals surface area contributed by atoms with Gasteiger partial charge in [-0.05, 0) is 30.3 Å². The van der Waals surface area contributed by atoms with Gasteiger partial charge in [-0.25, -0.2) is 9.18 Å². The molecule has 0 bridgehead atoms. The molecule has 0 unspecified atom stereocenters. The zero-order chi connectivity index (χ0) is 19.4. The molecule has 0 radical (unpaired) electrons. The van der Waals surface area contributed by atoms with Crippen LogP contribution in [0.1, 0.15) is 16.2 Å². The van der Waals surface area contributed by atoms with Crippen molar-refractivity contribution in [3.8, 4) is 17.1 Å². The topological polar surface area (TPSA) is 118 Å². The van der Waals surface area contributed by atoms with Crippen molar-refractivity contribution in [3.05, 3.63) is 69.9 Å². The number of nitro groups is 1.